The van der Waals surface area contributed by atoms with Crippen LogP contribution in [0.1, 0.15) is 64.7 Å². The second kappa shape index (κ2) is 5.70. The van der Waals surface area contributed by atoms with Crippen molar-refractivity contribution in [2.45, 2.75) is 64.7 Å². The predicted octanol–water partition coefficient (Wildman–Crippen LogP) is 5.26. The first-order valence-corrected chi connectivity index (χ1v) is 7.22. The van der Waals surface area contributed by atoms with Gasteiger partial charge in [-0.3, -0.25) is 0 Å². The molecule has 2 rings (SSSR count). The van der Waals surface area contributed by atoms with Gasteiger partial charge in [0.25, 0.3) is 0 Å². The monoisotopic (exact) mass is 218 g/mol. The Morgan fingerprint density at radius 3 is 2.19 bits per heavy atom. The minimum absolute atomic E-state index is 0.621. The lowest BCUT2D eigenvalue weighted by molar-refractivity contribution is 0.174. The van der Waals surface area contributed by atoms with Gasteiger partial charge in [-0.1, -0.05) is 69.8 Å². The van der Waals surface area contributed by atoms with Crippen molar-refractivity contribution < 1.29 is 0 Å². The van der Waals surface area contributed by atoms with Gasteiger partial charge in [0.05, 0.1) is 0 Å². The van der Waals surface area contributed by atoms with E-state index in [-0.39, 0.29) is 0 Å². The Morgan fingerprint density at radius 2 is 1.62 bits per heavy atom. The summed E-state index contributed by atoms with van der Waals surface area (Å²) in [6.45, 7) is 2.32. The van der Waals surface area contributed by atoms with Crippen molar-refractivity contribution in [3.63, 3.8) is 0 Å². The second-order valence-electron chi connectivity index (χ2n) is 5.68. The van der Waals surface area contributed by atoms with Crippen LogP contribution >= 0.6 is 0 Å². The van der Waals surface area contributed by atoms with Gasteiger partial charge < -0.3 is 0 Å². The van der Waals surface area contributed by atoms with Gasteiger partial charge in [-0.2, -0.15) is 0 Å². The van der Waals surface area contributed by atoms with Gasteiger partial charge in [-0.15, -0.1) is 0 Å². The molecule has 0 aromatic carbocycles. The Kier molecular flexibility index (Phi) is 4.26. The van der Waals surface area contributed by atoms with Gasteiger partial charge in [-0.05, 0) is 24.7 Å². The number of unbranched alkanes of at least 4 members (excludes halogenated alkanes) is 1. The van der Waals surface area contributed by atoms with E-state index >= 15 is 0 Å². The molecule has 0 spiro atoms. The van der Waals surface area contributed by atoms with Crippen molar-refractivity contribution in [2.75, 3.05) is 0 Å². The maximum absolute atomic E-state index is 2.45. The molecule has 0 aromatic heterocycles. The second-order valence-corrected chi connectivity index (χ2v) is 5.68. The molecule has 0 unspecified atom stereocenters. The number of rotatable bonds is 4. The van der Waals surface area contributed by atoms with E-state index in [1.807, 2.05) is 0 Å². The van der Waals surface area contributed by atoms with Gasteiger partial charge in [-0.25, -0.2) is 0 Å². The fraction of sp³-hybridized carbons (Fsp3) is 0.750. The van der Waals surface area contributed by atoms with Crippen molar-refractivity contribution >= 4 is 0 Å². The minimum Gasteiger partial charge on any atom is -0.0771 e. The average molecular weight is 218 g/mol. The van der Waals surface area contributed by atoms with E-state index in [0.717, 1.165) is 5.92 Å². The Labute approximate surface area is 101 Å². The normalized spacial score (nSPS) is 24.8. The summed E-state index contributed by atoms with van der Waals surface area (Å²) in [6, 6.07) is 0. The molecule has 0 heterocycles. The highest BCUT2D eigenvalue weighted by molar-refractivity contribution is 5.21. The number of hydrogen-bond donors (Lipinski definition) is 0. The maximum Gasteiger partial charge on any atom is 0.000927 e. The molecule has 0 amide bonds. The van der Waals surface area contributed by atoms with Crippen molar-refractivity contribution in [3.8, 4) is 0 Å². The molecule has 1 saturated carbocycles. The van der Waals surface area contributed by atoms with Crippen molar-refractivity contribution in [2.24, 2.45) is 11.3 Å². The molecular weight excluding hydrogens is 192 g/mol. The van der Waals surface area contributed by atoms with Crippen LogP contribution in [0.4, 0.5) is 0 Å². The summed E-state index contributed by atoms with van der Waals surface area (Å²) in [5.41, 5.74) is 0.621. The summed E-state index contributed by atoms with van der Waals surface area (Å²) in [5.74, 6) is 0.747. The summed E-state index contributed by atoms with van der Waals surface area (Å²) in [4.78, 5) is 0. The summed E-state index contributed by atoms with van der Waals surface area (Å²) >= 11 is 0. The minimum atomic E-state index is 0.621. The summed E-state index contributed by atoms with van der Waals surface area (Å²) in [5, 5.41) is 0. The van der Waals surface area contributed by atoms with Crippen LogP contribution in [0, 0.1) is 11.3 Å². The fourth-order valence-corrected chi connectivity index (χ4v) is 3.55. The van der Waals surface area contributed by atoms with Crippen LogP contribution in [-0.2, 0) is 0 Å². The molecule has 0 atom stereocenters. The lowest BCUT2D eigenvalue weighted by Crippen LogP contribution is -2.27. The number of hydrogen-bond acceptors (Lipinski definition) is 0. The Balaban J connectivity index is 2.09. The third-order valence-electron chi connectivity index (χ3n) is 4.58. The zero-order valence-electron chi connectivity index (χ0n) is 10.8. The molecule has 1 fully saturated rings. The maximum atomic E-state index is 2.45. The average Bonchev–Trinajstić information content (AvgIpc) is 2.74. The largest absolute Gasteiger partial charge is 0.0771 e. The van der Waals surface area contributed by atoms with E-state index in [0.29, 0.717) is 5.41 Å². The summed E-state index contributed by atoms with van der Waals surface area (Å²) in [7, 11) is 0. The SMILES string of the molecule is CCCCC1(C2C=CC=C2)CCCCCC1. The molecule has 2 aliphatic rings. The first-order chi connectivity index (χ1) is 7.87. The highest BCUT2D eigenvalue weighted by atomic mass is 14.4. The van der Waals surface area contributed by atoms with E-state index in [4.69, 9.17) is 0 Å². The van der Waals surface area contributed by atoms with Gasteiger partial charge in [0, 0.05) is 5.92 Å². The van der Waals surface area contributed by atoms with Crippen LogP contribution in [0.25, 0.3) is 0 Å². The van der Waals surface area contributed by atoms with E-state index < -0.39 is 0 Å². The third-order valence-corrected chi connectivity index (χ3v) is 4.58. The molecule has 2 aliphatic carbocycles. The molecular formula is C16H26. The Morgan fingerprint density at radius 1 is 1.00 bits per heavy atom. The summed E-state index contributed by atoms with van der Waals surface area (Å²) < 4.78 is 0. The van der Waals surface area contributed by atoms with Crippen LogP contribution in [-0.4, -0.2) is 0 Å². The van der Waals surface area contributed by atoms with Crippen LogP contribution in [0.5, 0.6) is 0 Å². The van der Waals surface area contributed by atoms with Crippen molar-refractivity contribution in [1.82, 2.24) is 0 Å². The lowest BCUT2D eigenvalue weighted by atomic mass is 9.67. The quantitative estimate of drug-likeness (QED) is 0.565. The fourth-order valence-electron chi connectivity index (χ4n) is 3.55. The van der Waals surface area contributed by atoms with Crippen molar-refractivity contribution in [3.05, 3.63) is 24.3 Å². The zero-order valence-corrected chi connectivity index (χ0v) is 10.8. The van der Waals surface area contributed by atoms with E-state index in [2.05, 4.69) is 31.2 Å². The highest BCUT2D eigenvalue weighted by Crippen LogP contribution is 2.47. The van der Waals surface area contributed by atoms with Gasteiger partial charge >= 0.3 is 0 Å². The number of allylic oxidation sites excluding steroid dienone is 4. The molecule has 0 aromatic rings. The first kappa shape index (κ1) is 12.0. The van der Waals surface area contributed by atoms with Gasteiger partial charge in [0.15, 0.2) is 0 Å². The molecule has 0 saturated heterocycles. The smallest absolute Gasteiger partial charge is 0.000927 e. The van der Waals surface area contributed by atoms with Crippen LogP contribution in [0.2, 0.25) is 0 Å². The summed E-state index contributed by atoms with van der Waals surface area (Å²) in [6.07, 6.45) is 22.4. The highest BCUT2D eigenvalue weighted by Gasteiger charge is 2.36. The molecule has 0 aliphatic heterocycles. The van der Waals surface area contributed by atoms with Crippen LogP contribution < -0.4 is 0 Å². The first-order valence-electron chi connectivity index (χ1n) is 7.22. The van der Waals surface area contributed by atoms with E-state index in [1.54, 1.807) is 0 Å². The molecule has 16 heavy (non-hydrogen) atoms. The molecule has 0 bridgehead atoms. The molecule has 90 valence electrons. The standard InChI is InChI=1S/C16H26/c1-2-3-12-16(15-10-6-7-11-15)13-8-4-5-9-14-16/h6-7,10-11,15H,2-5,8-9,12-14H2,1H3. The van der Waals surface area contributed by atoms with Gasteiger partial charge in [0.1, 0.15) is 0 Å². The van der Waals surface area contributed by atoms with Gasteiger partial charge in [0.2, 0.25) is 0 Å². The zero-order chi connectivity index (χ0) is 11.3. The van der Waals surface area contributed by atoms with E-state index in [9.17, 15) is 0 Å². The van der Waals surface area contributed by atoms with Crippen LogP contribution in [0.15, 0.2) is 24.3 Å². The molecule has 0 nitrogen and oxygen atoms in total. The van der Waals surface area contributed by atoms with Crippen LogP contribution in [0.3, 0.4) is 0 Å². The molecule has 0 heteroatoms. The third kappa shape index (κ3) is 2.59. The lowest BCUT2D eigenvalue weighted by Gasteiger charge is -2.37. The van der Waals surface area contributed by atoms with Crippen molar-refractivity contribution in [1.29, 1.82) is 0 Å². The molecule has 0 radical (unpaired) electrons. The van der Waals surface area contributed by atoms with E-state index in [1.165, 1.54) is 57.8 Å². The topological polar surface area (TPSA) is 0 Å². The Hall–Kier alpha value is -0.520. The molecule has 0 N–H and O–H groups in total. The predicted molar refractivity (Wildman–Crippen MR) is 71.4 cm³/mol. The Bertz CT molecular complexity index is 239.